The van der Waals surface area contributed by atoms with Gasteiger partial charge >= 0.3 is 0 Å². The average Bonchev–Trinajstić information content (AvgIpc) is 2.80. The minimum atomic E-state index is 0.530. The number of aromatic nitrogens is 1. The molecule has 3 rings (SSSR count). The third kappa shape index (κ3) is 1.63. The van der Waals surface area contributed by atoms with Crippen LogP contribution in [0.15, 0.2) is 48.5 Å². The third-order valence-corrected chi connectivity index (χ3v) is 3.55. The molecule has 0 bridgehead atoms. The molecule has 96 valence electrons. The van der Waals surface area contributed by atoms with Crippen molar-refractivity contribution >= 4 is 17.2 Å². The average molecular weight is 260 g/mol. The summed E-state index contributed by atoms with van der Waals surface area (Å²) in [6.07, 6.45) is 0.839. The van der Waals surface area contributed by atoms with Crippen LogP contribution in [0.1, 0.15) is 15.9 Å². The van der Waals surface area contributed by atoms with Crippen LogP contribution in [0.3, 0.4) is 0 Å². The normalized spacial score (nSPS) is 10.4. The summed E-state index contributed by atoms with van der Waals surface area (Å²) in [6, 6.07) is 17.4. The van der Waals surface area contributed by atoms with Gasteiger partial charge in [-0.15, -0.1) is 0 Å². The molecule has 0 fully saturated rings. The van der Waals surface area contributed by atoms with Gasteiger partial charge in [0.15, 0.2) is 6.29 Å². The van der Waals surface area contributed by atoms with E-state index in [0.717, 1.165) is 28.4 Å². The number of hydrogen-bond acceptors (Lipinski definition) is 2. The van der Waals surface area contributed by atoms with Crippen LogP contribution in [0.2, 0.25) is 0 Å². The predicted molar refractivity (Wildman–Crippen MR) is 78.5 cm³/mol. The highest BCUT2D eigenvalue weighted by atomic mass is 16.1. The minimum absolute atomic E-state index is 0.530. The first-order chi connectivity index (χ1) is 9.77. The van der Waals surface area contributed by atoms with Crippen molar-refractivity contribution in [3.05, 3.63) is 59.7 Å². The van der Waals surface area contributed by atoms with Crippen LogP contribution in [-0.2, 0) is 7.05 Å². The first-order valence-corrected chi connectivity index (χ1v) is 6.30. The molecule has 0 aliphatic carbocycles. The number of nitriles is 1. The Morgan fingerprint density at radius 1 is 1.10 bits per heavy atom. The molecule has 0 saturated heterocycles. The first-order valence-electron chi connectivity index (χ1n) is 6.30. The van der Waals surface area contributed by atoms with Crippen molar-refractivity contribution in [2.75, 3.05) is 0 Å². The molecule has 0 amide bonds. The standard InChI is InChI=1S/C17H12N2O/c1-19-15-9-5-8-13(10-18)16(15)14(11-20)17(19)12-6-3-2-4-7-12/h2-9,11H,1H3. The van der Waals surface area contributed by atoms with Crippen molar-refractivity contribution in [1.82, 2.24) is 4.57 Å². The SMILES string of the molecule is Cn1c(-c2ccccc2)c(C=O)c2c(C#N)cccc21. The van der Waals surface area contributed by atoms with E-state index < -0.39 is 0 Å². The van der Waals surface area contributed by atoms with Crippen molar-refractivity contribution in [3.8, 4) is 17.3 Å². The number of hydrogen-bond donors (Lipinski definition) is 0. The number of rotatable bonds is 2. The van der Waals surface area contributed by atoms with Gasteiger partial charge in [0, 0.05) is 18.0 Å². The topological polar surface area (TPSA) is 45.8 Å². The predicted octanol–water partition coefficient (Wildman–Crippen LogP) is 3.53. The second kappa shape index (κ2) is 4.67. The highest BCUT2D eigenvalue weighted by Gasteiger charge is 2.18. The van der Waals surface area contributed by atoms with Crippen molar-refractivity contribution < 1.29 is 4.79 Å². The Morgan fingerprint density at radius 2 is 1.85 bits per heavy atom. The summed E-state index contributed by atoms with van der Waals surface area (Å²) in [5.74, 6) is 0. The van der Waals surface area contributed by atoms with Crippen molar-refractivity contribution in [1.29, 1.82) is 5.26 Å². The van der Waals surface area contributed by atoms with Crippen LogP contribution < -0.4 is 0 Å². The van der Waals surface area contributed by atoms with Crippen molar-refractivity contribution in [3.63, 3.8) is 0 Å². The lowest BCUT2D eigenvalue weighted by Crippen LogP contribution is -1.93. The third-order valence-electron chi connectivity index (χ3n) is 3.55. The maximum absolute atomic E-state index is 11.6. The fourth-order valence-corrected chi connectivity index (χ4v) is 2.68. The Morgan fingerprint density at radius 3 is 2.50 bits per heavy atom. The highest BCUT2D eigenvalue weighted by molar-refractivity contribution is 6.07. The molecule has 3 aromatic rings. The number of carbonyl (C=O) groups excluding carboxylic acids is 1. The van der Waals surface area contributed by atoms with Gasteiger partial charge in [0.05, 0.1) is 22.8 Å². The molecular weight excluding hydrogens is 248 g/mol. The number of aldehydes is 1. The van der Waals surface area contributed by atoms with Gasteiger partial charge in [-0.05, 0) is 17.7 Å². The zero-order valence-electron chi connectivity index (χ0n) is 11.0. The number of fused-ring (bicyclic) bond motifs is 1. The summed E-state index contributed by atoms with van der Waals surface area (Å²) in [4.78, 5) is 11.6. The van der Waals surface area contributed by atoms with E-state index in [2.05, 4.69) is 6.07 Å². The van der Waals surface area contributed by atoms with Gasteiger partial charge in [0.2, 0.25) is 0 Å². The molecule has 0 aliphatic heterocycles. The largest absolute Gasteiger partial charge is 0.343 e. The van der Waals surface area contributed by atoms with Crippen LogP contribution in [0.4, 0.5) is 0 Å². The molecule has 1 heterocycles. The van der Waals surface area contributed by atoms with Crippen LogP contribution in [-0.4, -0.2) is 10.9 Å². The Hall–Kier alpha value is -2.86. The van der Waals surface area contributed by atoms with E-state index in [0.29, 0.717) is 11.1 Å². The molecule has 0 saturated carbocycles. The van der Waals surface area contributed by atoms with Crippen molar-refractivity contribution in [2.45, 2.75) is 0 Å². The number of carbonyl (C=O) groups is 1. The molecule has 3 heteroatoms. The Bertz CT molecular complexity index is 839. The van der Waals surface area contributed by atoms with E-state index in [9.17, 15) is 10.1 Å². The fraction of sp³-hybridized carbons (Fsp3) is 0.0588. The molecular formula is C17H12N2O. The van der Waals surface area contributed by atoms with Crippen LogP contribution in [0.5, 0.6) is 0 Å². The van der Waals surface area contributed by atoms with E-state index in [1.165, 1.54) is 0 Å². The van der Waals surface area contributed by atoms with Gasteiger partial charge < -0.3 is 4.57 Å². The lowest BCUT2D eigenvalue weighted by atomic mass is 10.0. The van der Waals surface area contributed by atoms with Crippen molar-refractivity contribution in [2.24, 2.45) is 7.05 Å². The van der Waals surface area contributed by atoms with Gasteiger partial charge in [0.1, 0.15) is 0 Å². The molecule has 0 radical (unpaired) electrons. The maximum atomic E-state index is 11.6. The summed E-state index contributed by atoms with van der Waals surface area (Å²) >= 11 is 0. The van der Waals surface area contributed by atoms with E-state index in [1.807, 2.05) is 54.1 Å². The van der Waals surface area contributed by atoms with Gasteiger partial charge in [0.25, 0.3) is 0 Å². The van der Waals surface area contributed by atoms with E-state index in [4.69, 9.17) is 0 Å². The van der Waals surface area contributed by atoms with Crippen LogP contribution >= 0.6 is 0 Å². The molecule has 20 heavy (non-hydrogen) atoms. The molecule has 0 atom stereocenters. The smallest absolute Gasteiger partial charge is 0.152 e. The van der Waals surface area contributed by atoms with Gasteiger partial charge in [-0.2, -0.15) is 5.26 Å². The molecule has 1 aromatic heterocycles. The molecule has 3 nitrogen and oxygen atoms in total. The summed E-state index contributed by atoms with van der Waals surface area (Å²) in [6.45, 7) is 0. The van der Waals surface area contributed by atoms with E-state index in [1.54, 1.807) is 6.07 Å². The van der Waals surface area contributed by atoms with E-state index in [-0.39, 0.29) is 0 Å². The Labute approximate surface area is 116 Å². The quantitative estimate of drug-likeness (QED) is 0.662. The Balaban J connectivity index is 2.48. The summed E-state index contributed by atoms with van der Waals surface area (Å²) in [5, 5.41) is 9.98. The summed E-state index contributed by atoms with van der Waals surface area (Å²) in [7, 11) is 1.92. The zero-order chi connectivity index (χ0) is 14.1. The lowest BCUT2D eigenvalue weighted by molar-refractivity contribution is 0.112. The number of aryl methyl sites for hydroxylation is 1. The number of nitrogens with zero attached hydrogens (tertiary/aromatic N) is 2. The molecule has 2 aromatic carbocycles. The van der Waals surface area contributed by atoms with Crippen LogP contribution in [0, 0.1) is 11.3 Å². The van der Waals surface area contributed by atoms with Gasteiger partial charge in [-0.25, -0.2) is 0 Å². The molecule has 0 aliphatic rings. The van der Waals surface area contributed by atoms with Gasteiger partial charge in [-0.1, -0.05) is 36.4 Å². The first kappa shape index (κ1) is 12.2. The second-order valence-electron chi connectivity index (χ2n) is 4.62. The maximum Gasteiger partial charge on any atom is 0.152 e. The van der Waals surface area contributed by atoms with Gasteiger partial charge in [-0.3, -0.25) is 4.79 Å². The van der Waals surface area contributed by atoms with Crippen LogP contribution in [0.25, 0.3) is 22.2 Å². The molecule has 0 unspecified atom stereocenters. The monoisotopic (exact) mass is 260 g/mol. The lowest BCUT2D eigenvalue weighted by Gasteiger charge is -2.05. The van der Waals surface area contributed by atoms with E-state index >= 15 is 0 Å². The minimum Gasteiger partial charge on any atom is -0.343 e. The summed E-state index contributed by atoms with van der Waals surface area (Å²) < 4.78 is 1.97. The Kier molecular flexibility index (Phi) is 2.85. The molecule has 0 spiro atoms. The second-order valence-corrected chi connectivity index (χ2v) is 4.62. The number of benzene rings is 2. The summed E-state index contributed by atoms with van der Waals surface area (Å²) in [5.41, 5.74) is 3.81. The fourth-order valence-electron chi connectivity index (χ4n) is 2.68. The zero-order valence-corrected chi connectivity index (χ0v) is 11.0. The molecule has 0 N–H and O–H groups in total. The highest BCUT2D eigenvalue weighted by Crippen LogP contribution is 2.33.